The number of likely N-dealkylation sites (N-methyl/N-ethyl adjacent to an activating group) is 2. The highest BCUT2D eigenvalue weighted by atomic mass is 35.5. The Balaban J connectivity index is 2.12. The molecule has 2 aromatic carbocycles. The van der Waals surface area contributed by atoms with Crippen LogP contribution in [0.1, 0.15) is 12.6 Å². The molecule has 8 nitrogen and oxygen atoms in total. The second-order valence-electron chi connectivity index (χ2n) is 8.08. The number of carbonyl (C=O) groups excluding carboxylic acids is 1. The van der Waals surface area contributed by atoms with Gasteiger partial charge in [0.2, 0.25) is 5.91 Å². The molecule has 3 aromatic rings. The molecule has 0 bridgehead atoms. The van der Waals surface area contributed by atoms with E-state index in [1.54, 1.807) is 69.6 Å². The summed E-state index contributed by atoms with van der Waals surface area (Å²) in [6.45, 7) is 2.29. The van der Waals surface area contributed by atoms with Crippen molar-refractivity contribution in [1.29, 1.82) is 5.41 Å². The van der Waals surface area contributed by atoms with E-state index in [2.05, 4.69) is 5.32 Å². The van der Waals surface area contributed by atoms with Crippen molar-refractivity contribution in [2.75, 3.05) is 45.0 Å². The molecular formula is C25H29ClN6O2. The van der Waals surface area contributed by atoms with Crippen LogP contribution in [-0.4, -0.2) is 60.4 Å². The summed E-state index contributed by atoms with van der Waals surface area (Å²) in [6, 6.07) is 14.1. The zero-order chi connectivity index (χ0) is 25.0. The standard InChI is InChI=1S/C25H29ClN6O2/c1-17(27)23-24(28-2)32(25(34)31(23)19-13-11-18(26)12-14-19)21-9-6-8-20(16-21)30(5)22(33)10-7-15-29(3)4/h6-14,16,27-28H,15H2,1-5H3/b10-7+,27-17?. The van der Waals surface area contributed by atoms with Crippen molar-refractivity contribution in [2.24, 2.45) is 0 Å². The summed E-state index contributed by atoms with van der Waals surface area (Å²) < 4.78 is 2.99. The summed E-state index contributed by atoms with van der Waals surface area (Å²) in [7, 11) is 7.26. The molecule has 9 heteroatoms. The maximum atomic E-state index is 13.6. The van der Waals surface area contributed by atoms with E-state index in [-0.39, 0.29) is 17.3 Å². The highest BCUT2D eigenvalue weighted by molar-refractivity contribution is 6.30. The number of aromatic nitrogens is 2. The lowest BCUT2D eigenvalue weighted by molar-refractivity contribution is -0.113. The number of carbonyl (C=O) groups is 1. The van der Waals surface area contributed by atoms with Gasteiger partial charge in [-0.25, -0.2) is 9.36 Å². The zero-order valence-corrected chi connectivity index (χ0v) is 20.7. The Kier molecular flexibility index (Phi) is 7.75. The Hall–Kier alpha value is -3.62. The second kappa shape index (κ2) is 10.5. The minimum atomic E-state index is -0.342. The molecule has 0 atom stereocenters. The normalized spacial score (nSPS) is 11.3. The van der Waals surface area contributed by atoms with Crippen LogP contribution in [0.3, 0.4) is 0 Å². The van der Waals surface area contributed by atoms with E-state index in [0.717, 1.165) is 0 Å². The van der Waals surface area contributed by atoms with Gasteiger partial charge in [-0.2, -0.15) is 0 Å². The van der Waals surface area contributed by atoms with Crippen LogP contribution in [0.5, 0.6) is 0 Å². The van der Waals surface area contributed by atoms with Gasteiger partial charge in [0.15, 0.2) is 0 Å². The molecule has 0 radical (unpaired) electrons. The van der Waals surface area contributed by atoms with Gasteiger partial charge >= 0.3 is 5.69 Å². The van der Waals surface area contributed by atoms with Gasteiger partial charge in [0.25, 0.3) is 0 Å². The van der Waals surface area contributed by atoms with Crippen molar-refractivity contribution >= 4 is 34.7 Å². The Morgan fingerprint density at radius 1 is 1.09 bits per heavy atom. The van der Waals surface area contributed by atoms with E-state index >= 15 is 0 Å². The number of imidazole rings is 1. The van der Waals surface area contributed by atoms with Crippen LogP contribution >= 0.6 is 11.6 Å². The van der Waals surface area contributed by atoms with Gasteiger partial charge in [-0.3, -0.25) is 9.36 Å². The van der Waals surface area contributed by atoms with Crippen LogP contribution in [0.15, 0.2) is 65.5 Å². The molecule has 0 fully saturated rings. The molecule has 1 heterocycles. The molecule has 0 aliphatic rings. The predicted molar refractivity (Wildman–Crippen MR) is 140 cm³/mol. The van der Waals surface area contributed by atoms with Crippen LogP contribution < -0.4 is 15.9 Å². The summed E-state index contributed by atoms with van der Waals surface area (Å²) >= 11 is 6.03. The maximum absolute atomic E-state index is 13.6. The zero-order valence-electron chi connectivity index (χ0n) is 20.0. The molecule has 1 aromatic heterocycles. The van der Waals surface area contributed by atoms with Crippen molar-refractivity contribution in [1.82, 2.24) is 14.0 Å². The van der Waals surface area contributed by atoms with Crippen LogP contribution in [0, 0.1) is 5.41 Å². The summed E-state index contributed by atoms with van der Waals surface area (Å²) in [5, 5.41) is 12.0. The monoisotopic (exact) mass is 480 g/mol. The quantitative estimate of drug-likeness (QED) is 0.379. The fourth-order valence-corrected chi connectivity index (χ4v) is 3.72. The number of anilines is 2. The molecular weight excluding hydrogens is 452 g/mol. The molecule has 1 amide bonds. The van der Waals surface area contributed by atoms with Gasteiger partial charge in [0, 0.05) is 37.4 Å². The number of hydrogen-bond donors (Lipinski definition) is 2. The van der Waals surface area contributed by atoms with Crippen LogP contribution in [0.4, 0.5) is 11.5 Å². The lowest BCUT2D eigenvalue weighted by Gasteiger charge is -2.17. The van der Waals surface area contributed by atoms with Crippen molar-refractivity contribution in [3.63, 3.8) is 0 Å². The summed E-state index contributed by atoms with van der Waals surface area (Å²) in [6.07, 6.45) is 3.34. The van der Waals surface area contributed by atoms with E-state index < -0.39 is 0 Å². The van der Waals surface area contributed by atoms with E-state index in [9.17, 15) is 9.59 Å². The number of rotatable bonds is 8. The van der Waals surface area contributed by atoms with E-state index in [1.165, 1.54) is 20.1 Å². The van der Waals surface area contributed by atoms with Gasteiger partial charge < -0.3 is 20.5 Å². The average Bonchev–Trinajstić information content (AvgIpc) is 3.11. The number of nitrogens with one attached hydrogen (secondary N) is 2. The summed E-state index contributed by atoms with van der Waals surface area (Å²) in [5.74, 6) is 0.305. The van der Waals surface area contributed by atoms with Crippen molar-refractivity contribution in [3.05, 3.63) is 81.9 Å². The summed E-state index contributed by atoms with van der Waals surface area (Å²) in [4.78, 5) is 29.7. The third-order valence-electron chi connectivity index (χ3n) is 5.27. The van der Waals surface area contributed by atoms with Gasteiger partial charge in [0.05, 0.1) is 17.1 Å². The molecule has 0 aliphatic carbocycles. The lowest BCUT2D eigenvalue weighted by Crippen LogP contribution is -2.26. The first kappa shape index (κ1) is 25.0. The maximum Gasteiger partial charge on any atom is 0.339 e. The van der Waals surface area contributed by atoms with E-state index in [0.29, 0.717) is 40.1 Å². The van der Waals surface area contributed by atoms with Crippen LogP contribution in [-0.2, 0) is 4.79 Å². The molecule has 3 rings (SSSR count). The molecule has 0 saturated heterocycles. The third kappa shape index (κ3) is 5.13. The highest BCUT2D eigenvalue weighted by Gasteiger charge is 2.23. The average molecular weight is 481 g/mol. The fraction of sp³-hybridized carbons (Fsp3) is 0.240. The SMILES string of the molecule is CNc1c(C(C)=N)n(-c2ccc(Cl)cc2)c(=O)n1-c1cccc(N(C)C(=O)/C=C/CN(C)C)c1. The predicted octanol–water partition coefficient (Wildman–Crippen LogP) is 3.79. The summed E-state index contributed by atoms with van der Waals surface area (Å²) in [5.41, 5.74) is 2.13. The smallest absolute Gasteiger partial charge is 0.339 e. The molecule has 0 unspecified atom stereocenters. The number of hydrogen-bond acceptors (Lipinski definition) is 5. The van der Waals surface area contributed by atoms with Gasteiger partial charge in [-0.1, -0.05) is 23.7 Å². The topological polar surface area (TPSA) is 86.4 Å². The Labute approximate surface area is 204 Å². The molecule has 0 saturated carbocycles. The van der Waals surface area contributed by atoms with Crippen molar-refractivity contribution in [2.45, 2.75) is 6.92 Å². The minimum Gasteiger partial charge on any atom is -0.372 e. The number of nitrogens with zero attached hydrogens (tertiary/aromatic N) is 4. The van der Waals surface area contributed by atoms with Gasteiger partial charge in [-0.05, 0) is 63.5 Å². The third-order valence-corrected chi connectivity index (χ3v) is 5.52. The second-order valence-corrected chi connectivity index (χ2v) is 8.52. The molecule has 2 N–H and O–H groups in total. The van der Waals surface area contributed by atoms with Gasteiger partial charge in [0.1, 0.15) is 11.5 Å². The van der Waals surface area contributed by atoms with E-state index in [1.807, 2.05) is 25.1 Å². The number of halogens is 1. The Bertz CT molecular complexity index is 1290. The van der Waals surface area contributed by atoms with Gasteiger partial charge in [-0.15, -0.1) is 0 Å². The van der Waals surface area contributed by atoms with Crippen LogP contribution in [0.2, 0.25) is 5.02 Å². The van der Waals surface area contributed by atoms with Crippen molar-refractivity contribution < 1.29 is 4.79 Å². The Morgan fingerprint density at radius 2 is 1.76 bits per heavy atom. The molecule has 178 valence electrons. The Morgan fingerprint density at radius 3 is 2.35 bits per heavy atom. The van der Waals surface area contributed by atoms with Crippen molar-refractivity contribution in [3.8, 4) is 11.4 Å². The number of benzene rings is 2. The molecule has 0 aliphatic heterocycles. The first-order valence-corrected chi connectivity index (χ1v) is 11.1. The highest BCUT2D eigenvalue weighted by Crippen LogP contribution is 2.26. The van der Waals surface area contributed by atoms with E-state index in [4.69, 9.17) is 17.0 Å². The fourth-order valence-electron chi connectivity index (χ4n) is 3.59. The molecule has 34 heavy (non-hydrogen) atoms. The van der Waals surface area contributed by atoms with Crippen LogP contribution in [0.25, 0.3) is 11.4 Å². The molecule has 0 spiro atoms. The number of amides is 1. The first-order valence-electron chi connectivity index (χ1n) is 10.7. The first-order chi connectivity index (χ1) is 16.1. The minimum absolute atomic E-state index is 0.171. The lowest BCUT2D eigenvalue weighted by atomic mass is 10.2. The largest absolute Gasteiger partial charge is 0.372 e.